The summed E-state index contributed by atoms with van der Waals surface area (Å²) in [5.41, 5.74) is 14.1. The zero-order valence-electron chi connectivity index (χ0n) is 40.6. The number of aromatic amines is 2. The molecule has 2 saturated carbocycles. The first-order chi connectivity index (χ1) is 33.7. The maximum Gasteiger partial charge on any atom is 0.407 e. The van der Waals surface area contributed by atoms with Crippen LogP contribution >= 0.6 is 0 Å². The lowest BCUT2D eigenvalue weighted by Crippen LogP contribution is -2.51. The van der Waals surface area contributed by atoms with Crippen molar-refractivity contribution in [3.63, 3.8) is 0 Å². The van der Waals surface area contributed by atoms with Gasteiger partial charge >= 0.3 is 12.2 Å². The van der Waals surface area contributed by atoms with Crippen LogP contribution in [0.1, 0.15) is 149 Å². The standard InChI is InChI=1S/C54H62F2N8O6/c1-25(2)47(61-53(67)69-5)51(65)63-23-32(55)20-41(63)49-57-22-40(60-49)37-15-14-36(45-30-9-10-31(18-30)46(37)45)35-13-12-34(43-28-7-8-29(17-28)44(35)43)27-11-16-38-39(19-27)59-50(58-38)42-21-33(56)24-64(42)52(66)48(26(3)4)62-54(68)70-6/h11-16,19,22,25-26,28-33,41-42,47-48H,7-10,17-18,20-21,23-24H2,1-6H3,(H,57,60)(H,58,59)(H,61,67)(H,62,68)/t28?,29?,30?,31?,32-,33-,41-,42-,47-,48-/m0/s1. The number of benzene rings is 3. The van der Waals surface area contributed by atoms with Crippen LogP contribution in [-0.4, -0.2) is 105 Å². The summed E-state index contributed by atoms with van der Waals surface area (Å²) >= 11 is 0. The predicted molar refractivity (Wildman–Crippen MR) is 259 cm³/mol. The zero-order chi connectivity index (χ0) is 48.9. The van der Waals surface area contributed by atoms with Gasteiger partial charge < -0.3 is 39.9 Å². The lowest BCUT2D eigenvalue weighted by atomic mass is 9.77. The van der Waals surface area contributed by atoms with E-state index in [9.17, 15) is 19.2 Å². The molecule has 10 atom stereocenters. The molecule has 368 valence electrons. The Morgan fingerprint density at radius 3 is 1.61 bits per heavy atom. The van der Waals surface area contributed by atoms with Crippen molar-refractivity contribution in [1.29, 1.82) is 0 Å². The summed E-state index contributed by atoms with van der Waals surface area (Å²) in [4.78, 5) is 71.8. The number of imidazole rings is 2. The Kier molecular flexibility index (Phi) is 11.7. The van der Waals surface area contributed by atoms with Crippen LogP contribution in [0.3, 0.4) is 0 Å². The number of methoxy groups -OCH3 is 2. The van der Waals surface area contributed by atoms with Crippen LogP contribution in [0.2, 0.25) is 0 Å². The second-order valence-corrected chi connectivity index (χ2v) is 21.3. The smallest absolute Gasteiger partial charge is 0.407 e. The van der Waals surface area contributed by atoms with E-state index in [1.54, 1.807) is 0 Å². The summed E-state index contributed by atoms with van der Waals surface area (Å²) in [5, 5.41) is 5.29. The van der Waals surface area contributed by atoms with E-state index in [1.807, 2.05) is 40.0 Å². The van der Waals surface area contributed by atoms with Crippen molar-refractivity contribution in [3.05, 3.63) is 82.6 Å². The number of hydrogen-bond donors (Lipinski definition) is 4. The third-order valence-corrected chi connectivity index (χ3v) is 16.5. The van der Waals surface area contributed by atoms with Gasteiger partial charge in [-0.15, -0.1) is 0 Å². The van der Waals surface area contributed by atoms with E-state index >= 15 is 8.78 Å². The predicted octanol–water partition coefficient (Wildman–Crippen LogP) is 10.0. The third kappa shape index (κ3) is 7.71. The van der Waals surface area contributed by atoms with E-state index in [0.717, 1.165) is 66.4 Å². The summed E-state index contributed by atoms with van der Waals surface area (Å²) < 4.78 is 39.9. The number of amides is 4. The van der Waals surface area contributed by atoms with Crippen molar-refractivity contribution in [3.8, 4) is 33.5 Å². The second-order valence-electron chi connectivity index (χ2n) is 21.3. The first-order valence-electron chi connectivity index (χ1n) is 25.2. The summed E-state index contributed by atoms with van der Waals surface area (Å²) in [5.74, 6) is 1.64. The highest BCUT2D eigenvalue weighted by Gasteiger charge is 2.46. The van der Waals surface area contributed by atoms with E-state index in [1.165, 1.54) is 63.0 Å². The molecular weight excluding hydrogens is 895 g/mol. The van der Waals surface area contributed by atoms with Gasteiger partial charge in [0, 0.05) is 18.4 Å². The molecule has 2 aliphatic heterocycles. The van der Waals surface area contributed by atoms with Gasteiger partial charge in [0.2, 0.25) is 11.8 Å². The monoisotopic (exact) mass is 956 g/mol. The van der Waals surface area contributed by atoms with Gasteiger partial charge in [-0.1, -0.05) is 58.0 Å². The maximum atomic E-state index is 15.2. The Morgan fingerprint density at radius 2 is 1.10 bits per heavy atom. The van der Waals surface area contributed by atoms with Gasteiger partial charge in [-0.25, -0.2) is 28.3 Å². The number of nitrogens with zero attached hydrogens (tertiary/aromatic N) is 4. The Labute approximate surface area is 406 Å². The highest BCUT2D eigenvalue weighted by molar-refractivity contribution is 5.90. The number of carbonyl (C=O) groups excluding carboxylic acids is 4. The summed E-state index contributed by atoms with van der Waals surface area (Å²) in [7, 11) is 2.50. The zero-order valence-corrected chi connectivity index (χ0v) is 40.6. The van der Waals surface area contributed by atoms with Gasteiger partial charge in [0.15, 0.2) is 0 Å². The quantitative estimate of drug-likeness (QED) is 0.101. The molecule has 11 rings (SSSR count). The Bertz CT molecular complexity index is 2910. The Morgan fingerprint density at radius 1 is 0.629 bits per heavy atom. The first kappa shape index (κ1) is 46.1. The molecule has 16 heteroatoms. The summed E-state index contributed by atoms with van der Waals surface area (Å²) in [6.07, 6.45) is 5.01. The van der Waals surface area contributed by atoms with Gasteiger partial charge in [0.25, 0.3) is 0 Å². The number of alkyl halides is 2. The van der Waals surface area contributed by atoms with E-state index < -0.39 is 48.7 Å². The minimum Gasteiger partial charge on any atom is -0.453 e. The molecule has 4 amide bonds. The molecule has 6 aliphatic rings. The number of halogens is 2. The highest BCUT2D eigenvalue weighted by Crippen LogP contribution is 2.62. The SMILES string of the molecule is COC(=O)N[C@H](C(=O)N1C[C@@H](F)C[C@H]1c1ncc(-c2ccc(-c3ccc(-c4ccc5nc([C@@H]6C[C@H](F)CN6C(=O)[C@@H](NC(=O)OC)C(C)C)[nH]c5c4)c4c3C3CCC4C3)c3c2C2CCC3C2)[nH]1)C(C)C. The minimum atomic E-state index is -1.23. The Balaban J connectivity index is 0.909. The van der Waals surface area contributed by atoms with Crippen LogP contribution in [0.15, 0.2) is 48.7 Å². The number of carbonyl (C=O) groups is 4. The molecular formula is C54H62F2N8O6. The molecule has 70 heavy (non-hydrogen) atoms. The molecule has 4 fully saturated rings. The van der Waals surface area contributed by atoms with Crippen molar-refractivity contribution in [2.24, 2.45) is 11.8 Å². The normalized spacial score (nSPS) is 26.0. The highest BCUT2D eigenvalue weighted by atomic mass is 19.1. The molecule has 3 aromatic carbocycles. The number of aromatic nitrogens is 4. The number of alkyl carbamates (subject to hydrolysis) is 2. The van der Waals surface area contributed by atoms with Crippen molar-refractivity contribution in [1.82, 2.24) is 40.4 Å². The van der Waals surface area contributed by atoms with Crippen molar-refractivity contribution < 1.29 is 37.4 Å². The van der Waals surface area contributed by atoms with Gasteiger partial charge in [-0.2, -0.15) is 0 Å². The van der Waals surface area contributed by atoms with Gasteiger partial charge in [-0.3, -0.25) is 9.59 Å². The maximum absolute atomic E-state index is 15.2. The fraction of sp³-hybridized carbons (Fsp3) is 0.519. The number of hydrogen-bond acceptors (Lipinski definition) is 8. The number of nitrogens with one attached hydrogen (secondary N) is 4. The van der Waals surface area contributed by atoms with E-state index in [2.05, 4.69) is 57.0 Å². The molecule has 4 unspecified atom stereocenters. The third-order valence-electron chi connectivity index (χ3n) is 16.5. The number of likely N-dealkylation sites (tertiary alicyclic amines) is 2. The fourth-order valence-electron chi connectivity index (χ4n) is 13.3. The number of H-pyrrole nitrogens is 2. The largest absolute Gasteiger partial charge is 0.453 e. The van der Waals surface area contributed by atoms with E-state index in [-0.39, 0.29) is 49.6 Å². The summed E-state index contributed by atoms with van der Waals surface area (Å²) in [6.45, 7) is 7.18. The summed E-state index contributed by atoms with van der Waals surface area (Å²) in [6, 6.07) is 12.5. The fourth-order valence-corrected chi connectivity index (χ4v) is 13.3. The van der Waals surface area contributed by atoms with Crippen molar-refractivity contribution in [2.45, 2.75) is 139 Å². The topological polar surface area (TPSA) is 175 Å². The molecule has 4 bridgehead atoms. The van der Waals surface area contributed by atoms with E-state index in [4.69, 9.17) is 19.4 Å². The molecule has 0 spiro atoms. The molecule has 0 radical (unpaired) electrons. The first-order valence-corrected chi connectivity index (χ1v) is 25.2. The van der Waals surface area contributed by atoms with Crippen LogP contribution in [0, 0.1) is 11.8 Å². The van der Waals surface area contributed by atoms with Crippen LogP contribution in [0.4, 0.5) is 18.4 Å². The van der Waals surface area contributed by atoms with E-state index in [0.29, 0.717) is 35.3 Å². The number of fused-ring (bicyclic) bond motifs is 11. The van der Waals surface area contributed by atoms with Gasteiger partial charge in [0.1, 0.15) is 36.1 Å². The Hall–Kier alpha value is -6.32. The average Bonchev–Trinajstić information content (AvgIpc) is 4.22. The number of rotatable bonds is 11. The lowest BCUT2D eigenvalue weighted by Gasteiger charge is -2.29. The molecule has 2 saturated heterocycles. The average molecular weight is 957 g/mol. The molecule has 4 N–H and O–H groups in total. The number of ether oxygens (including phenoxy) is 2. The molecule has 14 nitrogen and oxygen atoms in total. The van der Waals surface area contributed by atoms with Gasteiger partial charge in [0.05, 0.1) is 62.3 Å². The molecule has 5 aromatic rings. The second kappa shape index (κ2) is 17.8. The molecule has 2 aromatic heterocycles. The minimum absolute atomic E-state index is 0.0767. The van der Waals surface area contributed by atoms with Crippen LogP contribution in [0.5, 0.6) is 0 Å². The van der Waals surface area contributed by atoms with Crippen LogP contribution in [-0.2, 0) is 19.1 Å². The van der Waals surface area contributed by atoms with Crippen LogP contribution < -0.4 is 10.6 Å². The van der Waals surface area contributed by atoms with Crippen molar-refractivity contribution in [2.75, 3.05) is 27.3 Å². The van der Waals surface area contributed by atoms with Crippen molar-refractivity contribution >= 4 is 35.0 Å². The molecule has 4 aliphatic carbocycles. The molecule has 4 heterocycles. The van der Waals surface area contributed by atoms with Crippen LogP contribution in [0.25, 0.3) is 44.5 Å². The van der Waals surface area contributed by atoms with Gasteiger partial charge in [-0.05, 0) is 131 Å². The lowest BCUT2D eigenvalue weighted by molar-refractivity contribution is -0.136.